The van der Waals surface area contributed by atoms with Gasteiger partial charge < -0.3 is 34.5 Å². The SMILES string of the molecule is C=CC[C@@](CC)(NC(=O)C1C[C@@H](Oc2ccnc3cc(OC)ccc23)CN1C(=O)[C@@H](NC(=O)OC(=C)C)C(C)(C)C)C(=O)OCC. The van der Waals surface area contributed by atoms with Gasteiger partial charge in [0.1, 0.15) is 35.2 Å². The van der Waals surface area contributed by atoms with Gasteiger partial charge in [-0.1, -0.05) is 40.3 Å². The quantitative estimate of drug-likeness (QED) is 0.182. The van der Waals surface area contributed by atoms with E-state index in [2.05, 4.69) is 28.8 Å². The Kier molecular flexibility index (Phi) is 11.8. The third-order valence-corrected chi connectivity index (χ3v) is 7.82. The molecule has 3 amide bonds. The van der Waals surface area contributed by atoms with Crippen molar-refractivity contribution in [1.29, 1.82) is 0 Å². The van der Waals surface area contributed by atoms with Crippen molar-refractivity contribution in [1.82, 2.24) is 20.5 Å². The Hall–Kier alpha value is -4.61. The van der Waals surface area contributed by atoms with Crippen LogP contribution < -0.4 is 20.1 Å². The van der Waals surface area contributed by atoms with Gasteiger partial charge in [-0.3, -0.25) is 14.6 Å². The van der Waals surface area contributed by atoms with Gasteiger partial charge in [0.25, 0.3) is 0 Å². The van der Waals surface area contributed by atoms with E-state index >= 15 is 0 Å². The molecule has 2 aromatic rings. The van der Waals surface area contributed by atoms with Crippen molar-refractivity contribution >= 4 is 34.8 Å². The highest BCUT2D eigenvalue weighted by atomic mass is 16.6. The number of pyridine rings is 1. The highest BCUT2D eigenvalue weighted by molar-refractivity contribution is 5.95. The average Bonchev–Trinajstić information content (AvgIpc) is 3.42. The first kappa shape index (κ1) is 35.9. The van der Waals surface area contributed by atoms with Gasteiger partial charge in [-0.05, 0) is 50.3 Å². The highest BCUT2D eigenvalue weighted by Gasteiger charge is 2.48. The number of esters is 1. The molecule has 250 valence electrons. The first-order chi connectivity index (χ1) is 21.7. The number of amides is 3. The predicted molar refractivity (Wildman–Crippen MR) is 173 cm³/mol. The number of likely N-dealkylation sites (tertiary alicyclic amines) is 1. The van der Waals surface area contributed by atoms with Crippen molar-refractivity contribution < 1.29 is 38.1 Å². The number of aromatic nitrogens is 1. The molecule has 1 aliphatic rings. The van der Waals surface area contributed by atoms with Crippen LogP contribution >= 0.6 is 0 Å². The van der Waals surface area contributed by atoms with Crippen LogP contribution in [0.2, 0.25) is 0 Å². The third-order valence-electron chi connectivity index (χ3n) is 7.82. The van der Waals surface area contributed by atoms with Gasteiger partial charge in [0, 0.05) is 24.1 Å². The molecule has 46 heavy (non-hydrogen) atoms. The number of carbonyl (C=O) groups excluding carboxylic acids is 4. The minimum Gasteiger partial charge on any atom is -0.497 e. The molecule has 2 heterocycles. The van der Waals surface area contributed by atoms with E-state index in [4.69, 9.17) is 18.9 Å². The molecule has 2 N–H and O–H groups in total. The van der Waals surface area contributed by atoms with Crippen LogP contribution in [-0.4, -0.2) is 77.7 Å². The van der Waals surface area contributed by atoms with E-state index in [0.29, 0.717) is 17.0 Å². The fourth-order valence-corrected chi connectivity index (χ4v) is 5.40. The van der Waals surface area contributed by atoms with E-state index < -0.39 is 53.0 Å². The van der Waals surface area contributed by atoms with Gasteiger partial charge in [-0.25, -0.2) is 9.59 Å². The Morgan fingerprint density at radius 1 is 1.17 bits per heavy atom. The molecule has 1 aromatic heterocycles. The Bertz CT molecular complexity index is 1470. The van der Waals surface area contributed by atoms with Crippen LogP contribution in [0.4, 0.5) is 4.79 Å². The number of carbonyl (C=O) groups is 4. The molecule has 0 spiro atoms. The largest absolute Gasteiger partial charge is 0.497 e. The zero-order chi connectivity index (χ0) is 34.2. The molecule has 1 saturated heterocycles. The monoisotopic (exact) mass is 638 g/mol. The van der Waals surface area contributed by atoms with Crippen molar-refractivity contribution in [2.45, 2.75) is 84.5 Å². The van der Waals surface area contributed by atoms with Crippen LogP contribution in [0.15, 0.2) is 55.5 Å². The number of ether oxygens (including phenoxy) is 4. The Labute approximate surface area is 270 Å². The molecule has 4 atom stereocenters. The lowest BCUT2D eigenvalue weighted by atomic mass is 9.85. The number of benzene rings is 1. The van der Waals surface area contributed by atoms with Gasteiger partial charge in [-0.2, -0.15) is 0 Å². The van der Waals surface area contributed by atoms with Crippen molar-refractivity contribution in [3.63, 3.8) is 0 Å². The average molecular weight is 639 g/mol. The van der Waals surface area contributed by atoms with Crippen LogP contribution in [0.25, 0.3) is 10.9 Å². The lowest BCUT2D eigenvalue weighted by Crippen LogP contribution is -2.61. The van der Waals surface area contributed by atoms with Gasteiger partial charge in [0.05, 0.1) is 31.5 Å². The summed E-state index contributed by atoms with van der Waals surface area (Å²) in [6, 6.07) is 5.01. The minimum absolute atomic E-state index is 0.0284. The molecular formula is C34H46N4O8. The topological polar surface area (TPSA) is 145 Å². The van der Waals surface area contributed by atoms with Crippen LogP contribution in [0.1, 0.15) is 60.8 Å². The summed E-state index contributed by atoms with van der Waals surface area (Å²) in [7, 11) is 1.57. The molecule has 1 aromatic carbocycles. The van der Waals surface area contributed by atoms with Crippen LogP contribution in [0.5, 0.6) is 11.5 Å². The summed E-state index contributed by atoms with van der Waals surface area (Å²) in [5, 5.41) is 6.25. The molecule has 0 bridgehead atoms. The lowest BCUT2D eigenvalue weighted by Gasteiger charge is -2.36. The molecule has 1 unspecified atom stereocenters. The highest BCUT2D eigenvalue weighted by Crippen LogP contribution is 2.32. The lowest BCUT2D eigenvalue weighted by molar-refractivity contribution is -0.154. The minimum atomic E-state index is -1.38. The second kappa shape index (κ2) is 15.1. The third kappa shape index (κ3) is 8.35. The van der Waals surface area contributed by atoms with Gasteiger partial charge in [-0.15, -0.1) is 6.58 Å². The van der Waals surface area contributed by atoms with Crippen molar-refractivity contribution in [3.05, 3.63) is 55.5 Å². The van der Waals surface area contributed by atoms with Gasteiger partial charge in [0.15, 0.2) is 0 Å². The predicted octanol–water partition coefficient (Wildman–Crippen LogP) is 4.67. The summed E-state index contributed by atoms with van der Waals surface area (Å²) in [6.45, 7) is 17.8. The summed E-state index contributed by atoms with van der Waals surface area (Å²) in [6.07, 6.45) is 2.16. The number of methoxy groups -OCH3 is 1. The second-order valence-electron chi connectivity index (χ2n) is 12.3. The standard InChI is InChI=1S/C34H46N4O8/c1-10-16-34(11-2,31(41)44-12-3)37-29(39)26-19-23(46-27-15-17-35-25-18-22(43-9)13-14-24(25)27)20-38(26)30(40)28(33(6,7)8)36-32(42)45-21(4)5/h10,13-15,17-18,23,26,28H,1,4,11-12,16,19-20H2,2-3,5-9H3,(H,36,42)(H,37,39)/t23-,26?,28-,34-/m1/s1. The maximum atomic E-state index is 14.3. The molecule has 0 saturated carbocycles. The first-order valence-corrected chi connectivity index (χ1v) is 15.3. The van der Waals surface area contributed by atoms with E-state index in [1.807, 2.05) is 6.07 Å². The Morgan fingerprint density at radius 3 is 2.48 bits per heavy atom. The zero-order valence-corrected chi connectivity index (χ0v) is 27.8. The summed E-state index contributed by atoms with van der Waals surface area (Å²) in [5.74, 6) is -0.351. The van der Waals surface area contributed by atoms with Crippen molar-refractivity contribution in [2.75, 3.05) is 20.3 Å². The zero-order valence-electron chi connectivity index (χ0n) is 27.8. The fourth-order valence-electron chi connectivity index (χ4n) is 5.40. The summed E-state index contributed by atoms with van der Waals surface area (Å²) in [5.41, 5.74) is -1.50. The van der Waals surface area contributed by atoms with E-state index in [0.717, 1.165) is 5.39 Å². The molecule has 12 nitrogen and oxygen atoms in total. The fraction of sp³-hybridized carbons (Fsp3) is 0.500. The van der Waals surface area contributed by atoms with E-state index in [1.165, 1.54) is 11.8 Å². The Balaban J connectivity index is 2.01. The van der Waals surface area contributed by atoms with Crippen LogP contribution in [0, 0.1) is 5.41 Å². The van der Waals surface area contributed by atoms with Crippen LogP contribution in [-0.2, 0) is 23.9 Å². The van der Waals surface area contributed by atoms with Crippen molar-refractivity contribution in [2.24, 2.45) is 5.41 Å². The second-order valence-corrected chi connectivity index (χ2v) is 12.3. The number of hydrogen-bond acceptors (Lipinski definition) is 9. The van der Waals surface area contributed by atoms with Gasteiger partial charge >= 0.3 is 12.1 Å². The molecule has 0 radical (unpaired) electrons. The van der Waals surface area contributed by atoms with Crippen molar-refractivity contribution in [3.8, 4) is 11.5 Å². The Morgan fingerprint density at radius 2 is 1.89 bits per heavy atom. The number of fused-ring (bicyclic) bond motifs is 1. The van der Waals surface area contributed by atoms with E-state index in [1.54, 1.807) is 72.2 Å². The molecule has 1 aliphatic heterocycles. The number of hydrogen-bond donors (Lipinski definition) is 2. The number of nitrogens with zero attached hydrogens (tertiary/aromatic N) is 2. The maximum Gasteiger partial charge on any atom is 0.412 e. The van der Waals surface area contributed by atoms with Gasteiger partial charge in [0.2, 0.25) is 11.8 Å². The van der Waals surface area contributed by atoms with E-state index in [-0.39, 0.29) is 38.2 Å². The summed E-state index contributed by atoms with van der Waals surface area (Å²) >= 11 is 0. The molecule has 0 aliphatic carbocycles. The molecule has 1 fully saturated rings. The van der Waals surface area contributed by atoms with Crippen LogP contribution in [0.3, 0.4) is 0 Å². The number of rotatable bonds is 13. The molecule has 12 heteroatoms. The van der Waals surface area contributed by atoms with E-state index in [9.17, 15) is 19.2 Å². The first-order valence-electron chi connectivity index (χ1n) is 15.3. The number of nitrogens with one attached hydrogen (secondary N) is 2. The normalized spacial score (nSPS) is 18.1. The molecule has 3 rings (SSSR count). The summed E-state index contributed by atoms with van der Waals surface area (Å²) in [4.78, 5) is 59.9. The summed E-state index contributed by atoms with van der Waals surface area (Å²) < 4.78 is 22.1. The number of allylic oxidation sites excluding steroid dienone is 1. The molecular weight excluding hydrogens is 592 g/mol. The maximum absolute atomic E-state index is 14.3. The smallest absolute Gasteiger partial charge is 0.412 e. The number of alkyl carbamates (subject to hydrolysis) is 1.